The van der Waals surface area contributed by atoms with Crippen molar-refractivity contribution in [3.05, 3.63) is 34.0 Å². The van der Waals surface area contributed by atoms with E-state index in [-0.39, 0.29) is 22.6 Å². The molecule has 0 fully saturated rings. The molecule has 0 aromatic carbocycles. The molecule has 0 saturated heterocycles. The van der Waals surface area contributed by atoms with Gasteiger partial charge in [0, 0.05) is 10.7 Å². The van der Waals surface area contributed by atoms with E-state index in [9.17, 15) is 9.18 Å². The lowest BCUT2D eigenvalue weighted by Crippen LogP contribution is -2.04. The fourth-order valence-electron chi connectivity index (χ4n) is 1.52. The van der Waals surface area contributed by atoms with E-state index in [1.165, 1.54) is 13.3 Å². The molecule has 0 amide bonds. The third-order valence-electron chi connectivity index (χ3n) is 2.34. The highest BCUT2D eigenvalue weighted by atomic mass is 79.9. The van der Waals surface area contributed by atoms with Crippen LogP contribution < -0.4 is 0 Å². The minimum atomic E-state index is -0.633. The van der Waals surface area contributed by atoms with Crippen molar-refractivity contribution in [2.75, 3.05) is 7.11 Å². The number of aromatic nitrogens is 2. The first-order chi connectivity index (χ1) is 8.56. The van der Waals surface area contributed by atoms with Crippen LogP contribution in [0.3, 0.4) is 0 Å². The van der Waals surface area contributed by atoms with Crippen LogP contribution in [-0.4, -0.2) is 23.2 Å². The second-order valence-electron chi connectivity index (χ2n) is 3.43. The van der Waals surface area contributed by atoms with Crippen LogP contribution in [0.4, 0.5) is 4.39 Å². The van der Waals surface area contributed by atoms with Crippen LogP contribution in [0.15, 0.2) is 21.4 Å². The Kier molecular flexibility index (Phi) is 3.42. The Hall–Kier alpha value is -1.76. The molecule has 0 bridgehead atoms. The Morgan fingerprint density at radius 1 is 1.50 bits per heavy atom. The van der Waals surface area contributed by atoms with Crippen molar-refractivity contribution in [2.24, 2.45) is 0 Å². The summed E-state index contributed by atoms with van der Waals surface area (Å²) in [5.41, 5.74) is 0.302. The molecular formula is C11H8BrFN2O3. The molecule has 0 N–H and O–H groups in total. The van der Waals surface area contributed by atoms with E-state index in [0.717, 1.165) is 6.20 Å². The Labute approximate surface area is 110 Å². The van der Waals surface area contributed by atoms with Gasteiger partial charge in [-0.2, -0.15) is 0 Å². The van der Waals surface area contributed by atoms with E-state index >= 15 is 0 Å². The van der Waals surface area contributed by atoms with Crippen LogP contribution in [0.1, 0.15) is 16.1 Å². The molecule has 2 heterocycles. The van der Waals surface area contributed by atoms with Crippen LogP contribution >= 0.6 is 15.9 Å². The van der Waals surface area contributed by atoms with Gasteiger partial charge in [-0.25, -0.2) is 9.18 Å². The molecule has 0 spiro atoms. The Bertz CT molecular complexity index is 592. The van der Waals surface area contributed by atoms with Gasteiger partial charge in [0.05, 0.1) is 18.9 Å². The molecule has 2 rings (SSSR count). The Morgan fingerprint density at radius 2 is 2.22 bits per heavy atom. The van der Waals surface area contributed by atoms with Crippen molar-refractivity contribution in [2.45, 2.75) is 6.92 Å². The fraction of sp³-hybridized carbons (Fsp3) is 0.182. The predicted octanol–water partition coefficient (Wildman–Crippen LogP) is 2.73. The van der Waals surface area contributed by atoms with Gasteiger partial charge >= 0.3 is 5.97 Å². The summed E-state index contributed by atoms with van der Waals surface area (Å²) in [4.78, 5) is 15.3. The zero-order chi connectivity index (χ0) is 13.3. The largest absolute Gasteiger partial charge is 0.465 e. The van der Waals surface area contributed by atoms with E-state index in [1.54, 1.807) is 6.92 Å². The van der Waals surface area contributed by atoms with Gasteiger partial charge < -0.3 is 9.26 Å². The molecule has 7 heteroatoms. The number of hydrogen-bond acceptors (Lipinski definition) is 5. The molecule has 0 radical (unpaired) electrons. The molecule has 0 aliphatic heterocycles. The number of carbonyl (C=O) groups excluding carboxylic acids is 1. The number of ether oxygens (including phenoxy) is 1. The topological polar surface area (TPSA) is 65.2 Å². The van der Waals surface area contributed by atoms with Crippen molar-refractivity contribution >= 4 is 21.9 Å². The number of hydrogen-bond donors (Lipinski definition) is 0. The summed E-state index contributed by atoms with van der Waals surface area (Å²) in [5.74, 6) is -0.977. The quantitative estimate of drug-likeness (QED) is 0.797. The molecule has 0 aliphatic carbocycles. The lowest BCUT2D eigenvalue weighted by Gasteiger charge is -2.04. The number of nitrogens with zero attached hydrogens (tertiary/aromatic N) is 2. The highest BCUT2D eigenvalue weighted by molar-refractivity contribution is 9.10. The second kappa shape index (κ2) is 4.85. The molecular weight excluding hydrogens is 307 g/mol. The van der Waals surface area contributed by atoms with Gasteiger partial charge in [-0.1, -0.05) is 5.16 Å². The lowest BCUT2D eigenvalue weighted by atomic mass is 10.1. The average Bonchev–Trinajstić information content (AvgIpc) is 2.70. The maximum atomic E-state index is 13.8. The smallest absolute Gasteiger partial charge is 0.343 e. The zero-order valence-corrected chi connectivity index (χ0v) is 11.1. The molecule has 2 aromatic heterocycles. The SMILES string of the molecule is COC(=O)c1c(-c2c(F)cncc2Br)noc1C. The number of pyridine rings is 1. The van der Waals surface area contributed by atoms with E-state index in [0.29, 0.717) is 4.47 Å². The van der Waals surface area contributed by atoms with E-state index in [1.807, 2.05) is 0 Å². The molecule has 0 atom stereocenters. The van der Waals surface area contributed by atoms with Crippen LogP contribution in [-0.2, 0) is 4.74 Å². The van der Waals surface area contributed by atoms with Crippen molar-refractivity contribution in [1.82, 2.24) is 10.1 Å². The number of rotatable bonds is 2. The normalized spacial score (nSPS) is 10.4. The maximum absolute atomic E-state index is 13.8. The fourth-order valence-corrected chi connectivity index (χ4v) is 2.02. The van der Waals surface area contributed by atoms with Gasteiger partial charge in [-0.05, 0) is 22.9 Å². The summed E-state index contributed by atoms with van der Waals surface area (Å²) in [6, 6.07) is 0. The summed E-state index contributed by atoms with van der Waals surface area (Å²) >= 11 is 3.16. The minimum Gasteiger partial charge on any atom is -0.465 e. The molecule has 2 aromatic rings. The Balaban J connectivity index is 2.69. The molecule has 0 aliphatic rings. The lowest BCUT2D eigenvalue weighted by molar-refractivity contribution is 0.0599. The van der Waals surface area contributed by atoms with Gasteiger partial charge in [0.25, 0.3) is 0 Å². The van der Waals surface area contributed by atoms with Gasteiger partial charge in [-0.15, -0.1) is 0 Å². The Morgan fingerprint density at radius 3 is 2.83 bits per heavy atom. The number of aryl methyl sites for hydroxylation is 1. The molecule has 0 unspecified atom stereocenters. The third-order valence-corrected chi connectivity index (χ3v) is 2.94. The van der Waals surface area contributed by atoms with Crippen LogP contribution in [0, 0.1) is 12.7 Å². The summed E-state index contributed by atoms with van der Waals surface area (Å²) < 4.78 is 23.7. The number of halogens is 2. The zero-order valence-electron chi connectivity index (χ0n) is 9.53. The van der Waals surface area contributed by atoms with Crippen LogP contribution in [0.5, 0.6) is 0 Å². The van der Waals surface area contributed by atoms with Crippen LogP contribution in [0.25, 0.3) is 11.3 Å². The van der Waals surface area contributed by atoms with Crippen molar-refractivity contribution in [3.63, 3.8) is 0 Å². The number of esters is 1. The van der Waals surface area contributed by atoms with Gasteiger partial charge in [0.1, 0.15) is 17.0 Å². The number of carbonyl (C=O) groups is 1. The summed E-state index contributed by atoms with van der Waals surface area (Å²) in [5, 5.41) is 3.70. The average molecular weight is 315 g/mol. The summed E-state index contributed by atoms with van der Waals surface area (Å²) in [6.45, 7) is 1.55. The van der Waals surface area contributed by atoms with E-state index in [4.69, 9.17) is 4.52 Å². The van der Waals surface area contributed by atoms with Crippen molar-refractivity contribution in [1.29, 1.82) is 0 Å². The first-order valence-electron chi connectivity index (χ1n) is 4.90. The van der Waals surface area contributed by atoms with Crippen molar-refractivity contribution < 1.29 is 18.4 Å². The maximum Gasteiger partial charge on any atom is 0.343 e. The molecule has 94 valence electrons. The summed E-state index contributed by atoms with van der Waals surface area (Å²) in [6.07, 6.45) is 2.44. The van der Waals surface area contributed by atoms with E-state index < -0.39 is 11.8 Å². The minimum absolute atomic E-state index is 0.0890. The number of methoxy groups -OCH3 is 1. The monoisotopic (exact) mass is 314 g/mol. The molecule has 0 saturated carbocycles. The third kappa shape index (κ3) is 2.01. The summed E-state index contributed by atoms with van der Waals surface area (Å²) in [7, 11) is 1.23. The van der Waals surface area contributed by atoms with Gasteiger partial charge in [0.2, 0.25) is 0 Å². The van der Waals surface area contributed by atoms with Crippen LogP contribution in [0.2, 0.25) is 0 Å². The predicted molar refractivity (Wildman–Crippen MR) is 63.5 cm³/mol. The highest BCUT2D eigenvalue weighted by Crippen LogP contribution is 2.33. The second-order valence-corrected chi connectivity index (χ2v) is 4.29. The first-order valence-corrected chi connectivity index (χ1v) is 5.69. The van der Waals surface area contributed by atoms with Gasteiger partial charge in [-0.3, -0.25) is 4.98 Å². The molecule has 5 nitrogen and oxygen atoms in total. The first kappa shape index (κ1) is 12.7. The molecule has 18 heavy (non-hydrogen) atoms. The standard InChI is InChI=1S/C11H8BrFN2O3/c1-5-8(11(16)17-2)10(15-18-5)9-6(12)3-14-4-7(9)13/h3-4H,1-2H3. The van der Waals surface area contributed by atoms with Crippen molar-refractivity contribution in [3.8, 4) is 11.3 Å². The van der Waals surface area contributed by atoms with Gasteiger partial charge in [0.15, 0.2) is 5.82 Å². The highest BCUT2D eigenvalue weighted by Gasteiger charge is 2.25. The van der Waals surface area contributed by atoms with E-state index in [2.05, 4.69) is 30.8 Å².